The molecule has 0 saturated carbocycles. The van der Waals surface area contributed by atoms with Crippen LogP contribution in [0, 0.1) is 0 Å². The molecule has 0 atom stereocenters. The van der Waals surface area contributed by atoms with E-state index in [2.05, 4.69) is 4.99 Å². The molecule has 0 aliphatic rings. The van der Waals surface area contributed by atoms with Crippen LogP contribution in [0.5, 0.6) is 0 Å². The summed E-state index contributed by atoms with van der Waals surface area (Å²) in [5, 5.41) is 5.22. The SMILES string of the molecule is COC(=O)Cn1c(=NC(=O)c2ccc(C(=O)c3ccccc3)cc2)sc2cc(S(N)(=O)=O)ccc21. The number of nitrogens with two attached hydrogens (primary N) is 1. The second-order valence-electron chi connectivity index (χ2n) is 7.41. The van der Waals surface area contributed by atoms with E-state index in [0.717, 1.165) is 11.3 Å². The van der Waals surface area contributed by atoms with Gasteiger partial charge in [0.25, 0.3) is 5.91 Å². The predicted octanol–water partition coefficient (Wildman–Crippen LogP) is 2.50. The molecule has 35 heavy (non-hydrogen) atoms. The number of carbonyl (C=O) groups excluding carboxylic acids is 3. The average molecular weight is 510 g/mol. The van der Waals surface area contributed by atoms with E-state index in [9.17, 15) is 22.8 Å². The monoisotopic (exact) mass is 509 g/mol. The quantitative estimate of drug-likeness (QED) is 0.313. The number of amides is 1. The number of sulfonamides is 1. The van der Waals surface area contributed by atoms with Crippen molar-refractivity contribution in [3.05, 3.63) is 94.3 Å². The maximum atomic E-state index is 12.9. The molecule has 4 rings (SSSR count). The standard InChI is InChI=1S/C24H19N3O6S2/c1-33-21(28)14-27-19-12-11-18(35(25,31)32)13-20(19)34-24(27)26-23(30)17-9-7-16(8-10-17)22(29)15-5-3-2-4-6-15/h2-13H,14H2,1H3,(H2,25,31,32). The molecule has 0 aliphatic heterocycles. The fourth-order valence-electron chi connectivity index (χ4n) is 3.33. The molecule has 1 aromatic heterocycles. The predicted molar refractivity (Wildman–Crippen MR) is 129 cm³/mol. The summed E-state index contributed by atoms with van der Waals surface area (Å²) >= 11 is 1.03. The molecule has 0 bridgehead atoms. The van der Waals surface area contributed by atoms with Crippen molar-refractivity contribution in [1.82, 2.24) is 4.57 Å². The van der Waals surface area contributed by atoms with Crippen LogP contribution in [-0.4, -0.2) is 37.8 Å². The van der Waals surface area contributed by atoms with E-state index in [1.807, 2.05) is 6.07 Å². The van der Waals surface area contributed by atoms with Gasteiger partial charge in [0, 0.05) is 16.7 Å². The number of aromatic nitrogens is 1. The molecule has 0 spiro atoms. The topological polar surface area (TPSA) is 138 Å². The first-order valence-electron chi connectivity index (χ1n) is 10.2. The van der Waals surface area contributed by atoms with Crippen LogP contribution in [0.15, 0.2) is 82.7 Å². The molecular weight excluding hydrogens is 490 g/mol. The number of primary sulfonamides is 1. The minimum absolute atomic E-state index is 0.104. The number of nitrogens with zero attached hydrogens (tertiary/aromatic N) is 2. The Balaban J connectivity index is 1.72. The highest BCUT2D eigenvalue weighted by atomic mass is 32.2. The summed E-state index contributed by atoms with van der Waals surface area (Å²) in [5.41, 5.74) is 1.68. The lowest BCUT2D eigenvalue weighted by Crippen LogP contribution is -2.22. The Morgan fingerprint density at radius 2 is 1.57 bits per heavy atom. The third-order valence-electron chi connectivity index (χ3n) is 5.12. The minimum Gasteiger partial charge on any atom is -0.468 e. The molecule has 0 radical (unpaired) electrons. The highest BCUT2D eigenvalue weighted by Gasteiger charge is 2.16. The molecule has 0 saturated heterocycles. The molecule has 0 unspecified atom stereocenters. The van der Waals surface area contributed by atoms with Gasteiger partial charge in [0.1, 0.15) is 6.54 Å². The van der Waals surface area contributed by atoms with Gasteiger partial charge in [-0.25, -0.2) is 13.6 Å². The first kappa shape index (κ1) is 24.2. The number of ketones is 1. The summed E-state index contributed by atoms with van der Waals surface area (Å²) in [6.07, 6.45) is 0. The van der Waals surface area contributed by atoms with Crippen molar-refractivity contribution < 1.29 is 27.5 Å². The molecule has 3 aromatic carbocycles. The minimum atomic E-state index is -3.94. The lowest BCUT2D eigenvalue weighted by molar-refractivity contribution is -0.141. The van der Waals surface area contributed by atoms with Crippen LogP contribution >= 0.6 is 11.3 Å². The van der Waals surface area contributed by atoms with E-state index in [4.69, 9.17) is 9.88 Å². The Labute approximate surface area is 204 Å². The van der Waals surface area contributed by atoms with Gasteiger partial charge in [-0.1, -0.05) is 53.8 Å². The smallest absolute Gasteiger partial charge is 0.325 e. The van der Waals surface area contributed by atoms with Gasteiger partial charge in [-0.05, 0) is 30.3 Å². The Morgan fingerprint density at radius 1 is 0.943 bits per heavy atom. The highest BCUT2D eigenvalue weighted by molar-refractivity contribution is 7.89. The number of hydrogen-bond acceptors (Lipinski definition) is 7. The van der Waals surface area contributed by atoms with Gasteiger partial charge in [0.15, 0.2) is 10.6 Å². The lowest BCUT2D eigenvalue weighted by atomic mass is 10.0. The first-order chi connectivity index (χ1) is 16.7. The van der Waals surface area contributed by atoms with Gasteiger partial charge in [0.2, 0.25) is 10.0 Å². The molecule has 0 aliphatic carbocycles. The lowest BCUT2D eigenvalue weighted by Gasteiger charge is -2.04. The summed E-state index contributed by atoms with van der Waals surface area (Å²) in [7, 11) is -2.71. The van der Waals surface area contributed by atoms with E-state index in [-0.39, 0.29) is 27.6 Å². The van der Waals surface area contributed by atoms with E-state index >= 15 is 0 Å². The summed E-state index contributed by atoms with van der Waals surface area (Å²) < 4.78 is 30.1. The van der Waals surface area contributed by atoms with Gasteiger partial charge >= 0.3 is 5.97 Å². The number of fused-ring (bicyclic) bond motifs is 1. The van der Waals surface area contributed by atoms with Gasteiger partial charge in [-0.2, -0.15) is 4.99 Å². The summed E-state index contributed by atoms with van der Waals surface area (Å²) in [4.78, 5) is 41.7. The number of hydrogen-bond donors (Lipinski definition) is 1. The van der Waals surface area contributed by atoms with Crippen LogP contribution in [0.4, 0.5) is 0 Å². The zero-order valence-electron chi connectivity index (χ0n) is 18.4. The number of esters is 1. The normalized spacial score (nSPS) is 12.0. The summed E-state index contributed by atoms with van der Waals surface area (Å²) in [6.45, 7) is -0.234. The average Bonchev–Trinajstić information content (AvgIpc) is 3.19. The number of thiazole rings is 1. The van der Waals surface area contributed by atoms with Crippen molar-refractivity contribution >= 4 is 49.2 Å². The Hall–Kier alpha value is -3.93. The Kier molecular flexibility index (Phi) is 6.74. The molecule has 9 nitrogen and oxygen atoms in total. The van der Waals surface area contributed by atoms with Gasteiger partial charge in [0.05, 0.1) is 22.2 Å². The number of rotatable bonds is 6. The molecule has 0 fully saturated rings. The van der Waals surface area contributed by atoms with E-state index < -0.39 is 21.9 Å². The first-order valence-corrected chi connectivity index (χ1v) is 12.6. The molecular formula is C24H19N3O6S2. The number of methoxy groups -OCH3 is 1. The van der Waals surface area contributed by atoms with E-state index in [1.54, 1.807) is 36.4 Å². The zero-order valence-corrected chi connectivity index (χ0v) is 20.0. The fourth-order valence-corrected chi connectivity index (χ4v) is 5.02. The van der Waals surface area contributed by atoms with Crippen LogP contribution in [0.25, 0.3) is 10.2 Å². The molecule has 2 N–H and O–H groups in total. The Morgan fingerprint density at radius 3 is 2.20 bits per heavy atom. The van der Waals surface area contributed by atoms with Crippen molar-refractivity contribution in [1.29, 1.82) is 0 Å². The van der Waals surface area contributed by atoms with Crippen molar-refractivity contribution in [3.8, 4) is 0 Å². The van der Waals surface area contributed by atoms with Crippen LogP contribution in [0.1, 0.15) is 26.3 Å². The second kappa shape index (κ2) is 9.74. The van der Waals surface area contributed by atoms with Crippen LogP contribution < -0.4 is 9.94 Å². The molecule has 1 heterocycles. The van der Waals surface area contributed by atoms with Crippen LogP contribution in [0.2, 0.25) is 0 Å². The van der Waals surface area contributed by atoms with Gasteiger partial charge < -0.3 is 9.30 Å². The molecule has 11 heteroatoms. The molecule has 178 valence electrons. The second-order valence-corrected chi connectivity index (χ2v) is 9.98. The number of ether oxygens (including phenoxy) is 1. The summed E-state index contributed by atoms with van der Waals surface area (Å²) in [5.74, 6) is -1.34. The van der Waals surface area contributed by atoms with Gasteiger partial charge in [-0.3, -0.25) is 14.4 Å². The third kappa shape index (κ3) is 5.27. The molecule has 4 aromatic rings. The highest BCUT2D eigenvalue weighted by Crippen LogP contribution is 2.22. The number of carbonyl (C=O) groups is 3. The summed E-state index contributed by atoms with van der Waals surface area (Å²) in [6, 6.07) is 19.0. The van der Waals surface area contributed by atoms with Gasteiger partial charge in [-0.15, -0.1) is 0 Å². The fraction of sp³-hybridized carbons (Fsp3) is 0.0833. The maximum absolute atomic E-state index is 12.9. The maximum Gasteiger partial charge on any atom is 0.325 e. The largest absolute Gasteiger partial charge is 0.468 e. The van der Waals surface area contributed by atoms with Crippen LogP contribution in [0.3, 0.4) is 0 Å². The van der Waals surface area contributed by atoms with Crippen molar-refractivity contribution in [3.63, 3.8) is 0 Å². The van der Waals surface area contributed by atoms with Crippen molar-refractivity contribution in [2.24, 2.45) is 10.1 Å². The zero-order chi connectivity index (χ0) is 25.2. The Bertz CT molecular complexity index is 1620. The van der Waals surface area contributed by atoms with Crippen LogP contribution in [-0.2, 0) is 26.1 Å². The van der Waals surface area contributed by atoms with Crippen molar-refractivity contribution in [2.75, 3.05) is 7.11 Å². The molecule has 1 amide bonds. The van der Waals surface area contributed by atoms with E-state index in [1.165, 1.54) is 42.0 Å². The third-order valence-corrected chi connectivity index (χ3v) is 7.08. The van der Waals surface area contributed by atoms with E-state index in [0.29, 0.717) is 21.3 Å². The number of benzene rings is 3. The van der Waals surface area contributed by atoms with Crippen molar-refractivity contribution in [2.45, 2.75) is 11.4 Å².